The number of benzene rings is 1. The summed E-state index contributed by atoms with van der Waals surface area (Å²) in [7, 11) is 1.94. The van der Waals surface area contributed by atoms with Gasteiger partial charge >= 0.3 is 0 Å². The van der Waals surface area contributed by atoms with Crippen molar-refractivity contribution in [1.82, 2.24) is 9.80 Å². The van der Waals surface area contributed by atoms with Gasteiger partial charge in [0.2, 0.25) is 5.91 Å². The molecule has 1 N–H and O–H groups in total. The van der Waals surface area contributed by atoms with Crippen LogP contribution in [0.25, 0.3) is 0 Å². The van der Waals surface area contributed by atoms with Crippen LogP contribution < -0.4 is 0 Å². The van der Waals surface area contributed by atoms with Crippen molar-refractivity contribution >= 4 is 17.2 Å². The van der Waals surface area contributed by atoms with Crippen molar-refractivity contribution in [3.63, 3.8) is 0 Å². The Kier molecular flexibility index (Phi) is 6.58. The number of hydrogen-bond acceptors (Lipinski definition) is 4. The van der Waals surface area contributed by atoms with Crippen molar-refractivity contribution < 1.29 is 9.90 Å². The van der Waals surface area contributed by atoms with E-state index in [0.29, 0.717) is 19.6 Å². The predicted octanol–water partition coefficient (Wildman–Crippen LogP) is 2.20. The van der Waals surface area contributed by atoms with Crippen LogP contribution >= 0.6 is 11.3 Å². The Hall–Kier alpha value is -1.69. The number of nitrogens with zero attached hydrogens (tertiary/aromatic N) is 2. The second-order valence-corrected chi connectivity index (χ2v) is 6.31. The summed E-state index contributed by atoms with van der Waals surface area (Å²) >= 11 is 1.69. The van der Waals surface area contributed by atoms with E-state index in [1.165, 1.54) is 4.88 Å². The zero-order valence-corrected chi connectivity index (χ0v) is 13.6. The highest BCUT2D eigenvalue weighted by molar-refractivity contribution is 7.09. The van der Waals surface area contributed by atoms with E-state index in [2.05, 4.69) is 6.07 Å². The molecule has 1 heterocycles. The maximum Gasteiger partial charge on any atom is 0.237 e. The Morgan fingerprint density at radius 1 is 1.14 bits per heavy atom. The molecule has 0 spiro atoms. The molecule has 0 aliphatic carbocycles. The summed E-state index contributed by atoms with van der Waals surface area (Å²) in [6.45, 7) is 1.99. The van der Waals surface area contributed by atoms with Crippen LogP contribution in [0.2, 0.25) is 0 Å². The van der Waals surface area contributed by atoms with Crippen LogP contribution in [-0.4, -0.2) is 47.6 Å². The molecule has 1 aromatic heterocycles. The third-order valence-electron chi connectivity index (χ3n) is 3.35. The van der Waals surface area contributed by atoms with Gasteiger partial charge in [0.05, 0.1) is 13.2 Å². The first-order valence-corrected chi connectivity index (χ1v) is 8.20. The lowest BCUT2D eigenvalue weighted by Crippen LogP contribution is -2.39. The van der Waals surface area contributed by atoms with Gasteiger partial charge in [0.1, 0.15) is 0 Å². The van der Waals surface area contributed by atoms with Gasteiger partial charge in [0.25, 0.3) is 0 Å². The quantitative estimate of drug-likeness (QED) is 0.811. The molecule has 22 heavy (non-hydrogen) atoms. The van der Waals surface area contributed by atoms with Crippen molar-refractivity contribution in [3.8, 4) is 0 Å². The van der Waals surface area contributed by atoms with Gasteiger partial charge in [-0.2, -0.15) is 0 Å². The number of rotatable bonds is 8. The third kappa shape index (κ3) is 5.26. The Morgan fingerprint density at radius 2 is 1.91 bits per heavy atom. The summed E-state index contributed by atoms with van der Waals surface area (Å²) in [4.78, 5) is 17.4. The fourth-order valence-corrected chi connectivity index (χ4v) is 3.06. The molecule has 0 atom stereocenters. The lowest BCUT2D eigenvalue weighted by atomic mass is 10.2. The molecular formula is C17H22N2O2S. The van der Waals surface area contributed by atoms with Crippen LogP contribution in [-0.2, 0) is 17.9 Å². The van der Waals surface area contributed by atoms with Crippen LogP contribution in [0.3, 0.4) is 0 Å². The SMILES string of the molecule is CN(CC(=O)N(CCO)Cc1ccccc1)Cc1cccs1. The van der Waals surface area contributed by atoms with E-state index < -0.39 is 0 Å². The van der Waals surface area contributed by atoms with Crippen molar-refractivity contribution in [2.24, 2.45) is 0 Å². The molecule has 1 amide bonds. The number of thiophene rings is 1. The lowest BCUT2D eigenvalue weighted by Gasteiger charge is -2.25. The average Bonchev–Trinajstić information content (AvgIpc) is 3.00. The Labute approximate surface area is 135 Å². The molecule has 2 aromatic rings. The molecule has 118 valence electrons. The van der Waals surface area contributed by atoms with Crippen molar-refractivity contribution in [3.05, 3.63) is 58.3 Å². The number of aliphatic hydroxyl groups excluding tert-OH is 1. The van der Waals surface area contributed by atoms with Gasteiger partial charge in [-0.25, -0.2) is 0 Å². The van der Waals surface area contributed by atoms with E-state index in [1.807, 2.05) is 53.7 Å². The molecule has 0 saturated carbocycles. The highest BCUT2D eigenvalue weighted by Crippen LogP contribution is 2.11. The van der Waals surface area contributed by atoms with E-state index in [4.69, 9.17) is 0 Å². The van der Waals surface area contributed by atoms with Crippen LogP contribution in [0.4, 0.5) is 0 Å². The number of amides is 1. The number of carbonyl (C=O) groups excluding carboxylic acids is 1. The monoisotopic (exact) mass is 318 g/mol. The van der Waals surface area contributed by atoms with E-state index in [-0.39, 0.29) is 12.5 Å². The summed E-state index contributed by atoms with van der Waals surface area (Å²) in [5, 5.41) is 11.2. The normalized spacial score (nSPS) is 10.9. The minimum Gasteiger partial charge on any atom is -0.395 e. The third-order valence-corrected chi connectivity index (χ3v) is 4.21. The summed E-state index contributed by atoms with van der Waals surface area (Å²) < 4.78 is 0. The van der Waals surface area contributed by atoms with Crippen LogP contribution in [0.1, 0.15) is 10.4 Å². The molecular weight excluding hydrogens is 296 g/mol. The van der Waals surface area contributed by atoms with E-state index in [0.717, 1.165) is 12.1 Å². The maximum absolute atomic E-state index is 12.5. The number of aliphatic hydroxyl groups is 1. The van der Waals surface area contributed by atoms with Gasteiger partial charge < -0.3 is 10.0 Å². The van der Waals surface area contributed by atoms with Crippen LogP contribution in [0.5, 0.6) is 0 Å². The summed E-state index contributed by atoms with van der Waals surface area (Å²) in [5.74, 6) is 0.0389. The first-order chi connectivity index (χ1) is 10.7. The van der Waals surface area contributed by atoms with Gasteiger partial charge in [-0.1, -0.05) is 36.4 Å². The summed E-state index contributed by atoms with van der Waals surface area (Å²) in [6.07, 6.45) is 0. The standard InChI is InChI=1S/C17H22N2O2S/c1-18(13-16-8-5-11-22-16)14-17(21)19(9-10-20)12-15-6-3-2-4-7-15/h2-8,11,20H,9-10,12-14H2,1H3. The Morgan fingerprint density at radius 3 is 2.55 bits per heavy atom. The molecule has 5 heteroatoms. The largest absolute Gasteiger partial charge is 0.395 e. The molecule has 0 fully saturated rings. The topological polar surface area (TPSA) is 43.8 Å². The zero-order valence-electron chi connectivity index (χ0n) is 12.8. The molecule has 0 saturated heterocycles. The smallest absolute Gasteiger partial charge is 0.237 e. The van der Waals surface area contributed by atoms with E-state index in [9.17, 15) is 9.90 Å². The van der Waals surface area contributed by atoms with Gasteiger partial charge in [0, 0.05) is 24.5 Å². The molecule has 4 nitrogen and oxygen atoms in total. The van der Waals surface area contributed by atoms with Gasteiger partial charge in [0.15, 0.2) is 0 Å². The van der Waals surface area contributed by atoms with E-state index >= 15 is 0 Å². The molecule has 1 aromatic carbocycles. The molecule has 0 radical (unpaired) electrons. The van der Waals surface area contributed by atoms with Crippen molar-refractivity contribution in [2.45, 2.75) is 13.1 Å². The first-order valence-electron chi connectivity index (χ1n) is 7.32. The second kappa shape index (κ2) is 8.68. The maximum atomic E-state index is 12.5. The summed E-state index contributed by atoms with van der Waals surface area (Å²) in [5.41, 5.74) is 1.07. The number of carbonyl (C=O) groups is 1. The first kappa shape index (κ1) is 16.7. The Balaban J connectivity index is 1.91. The highest BCUT2D eigenvalue weighted by Gasteiger charge is 2.16. The summed E-state index contributed by atoms with van der Waals surface area (Å²) in [6, 6.07) is 13.9. The number of likely N-dealkylation sites (N-methyl/N-ethyl adjacent to an activating group) is 1. The van der Waals surface area contributed by atoms with Crippen LogP contribution in [0.15, 0.2) is 47.8 Å². The van der Waals surface area contributed by atoms with Crippen molar-refractivity contribution in [1.29, 1.82) is 0 Å². The van der Waals surface area contributed by atoms with Gasteiger partial charge in [-0.3, -0.25) is 9.69 Å². The molecule has 0 aliphatic heterocycles. The fraction of sp³-hybridized carbons (Fsp3) is 0.353. The minimum absolute atomic E-state index is 0.0206. The van der Waals surface area contributed by atoms with Crippen LogP contribution in [0, 0.1) is 0 Å². The molecule has 0 bridgehead atoms. The van der Waals surface area contributed by atoms with Crippen molar-refractivity contribution in [2.75, 3.05) is 26.7 Å². The number of hydrogen-bond donors (Lipinski definition) is 1. The molecule has 0 aliphatic rings. The molecule has 2 rings (SSSR count). The van der Waals surface area contributed by atoms with Gasteiger partial charge in [-0.15, -0.1) is 11.3 Å². The second-order valence-electron chi connectivity index (χ2n) is 5.28. The molecule has 0 unspecified atom stereocenters. The predicted molar refractivity (Wildman–Crippen MR) is 89.6 cm³/mol. The Bertz CT molecular complexity index is 557. The highest BCUT2D eigenvalue weighted by atomic mass is 32.1. The fourth-order valence-electron chi connectivity index (χ4n) is 2.27. The average molecular weight is 318 g/mol. The minimum atomic E-state index is -0.0206. The lowest BCUT2D eigenvalue weighted by molar-refractivity contribution is -0.133. The van der Waals surface area contributed by atoms with E-state index in [1.54, 1.807) is 16.2 Å². The zero-order chi connectivity index (χ0) is 15.8. The van der Waals surface area contributed by atoms with Gasteiger partial charge in [-0.05, 0) is 24.1 Å².